The van der Waals surface area contributed by atoms with Gasteiger partial charge in [0, 0.05) is 5.56 Å². The molecule has 0 saturated heterocycles. The van der Waals surface area contributed by atoms with Crippen LogP contribution in [0.3, 0.4) is 0 Å². The van der Waals surface area contributed by atoms with E-state index < -0.39 is 0 Å². The van der Waals surface area contributed by atoms with Crippen LogP contribution in [0.5, 0.6) is 0 Å². The van der Waals surface area contributed by atoms with Crippen molar-refractivity contribution in [1.82, 2.24) is 4.98 Å². The zero-order valence-corrected chi connectivity index (χ0v) is 10.6. The summed E-state index contributed by atoms with van der Waals surface area (Å²) in [7, 11) is 0. The van der Waals surface area contributed by atoms with Crippen LogP contribution in [0, 0.1) is 20.8 Å². The number of aliphatic hydroxyl groups is 1. The molecule has 1 heterocycles. The second-order valence-electron chi connectivity index (χ2n) is 4.04. The van der Waals surface area contributed by atoms with Crippen LogP contribution in [0.2, 0.25) is 0 Å². The average Bonchev–Trinajstić information content (AvgIpc) is 2.58. The number of benzene rings is 1. The van der Waals surface area contributed by atoms with Crippen LogP contribution < -0.4 is 0 Å². The molecule has 0 aliphatic heterocycles. The molecule has 0 bridgehead atoms. The minimum atomic E-state index is 0.0633. The van der Waals surface area contributed by atoms with E-state index in [9.17, 15) is 5.11 Å². The van der Waals surface area contributed by atoms with E-state index in [1.165, 1.54) is 11.1 Å². The van der Waals surface area contributed by atoms with E-state index in [0.29, 0.717) is 0 Å². The SMILES string of the molecule is Cc1cc(C)cc(-c2nc(C)sc2CO)c1. The number of hydrogen-bond acceptors (Lipinski definition) is 3. The van der Waals surface area contributed by atoms with Gasteiger partial charge >= 0.3 is 0 Å². The zero-order chi connectivity index (χ0) is 11.7. The monoisotopic (exact) mass is 233 g/mol. The Morgan fingerprint density at radius 1 is 1.12 bits per heavy atom. The first kappa shape index (κ1) is 11.3. The maximum absolute atomic E-state index is 9.30. The van der Waals surface area contributed by atoms with Crippen molar-refractivity contribution in [2.24, 2.45) is 0 Å². The second kappa shape index (κ2) is 4.36. The molecule has 0 atom stereocenters. The Kier molecular flexibility index (Phi) is 3.08. The highest BCUT2D eigenvalue weighted by Gasteiger charge is 2.10. The van der Waals surface area contributed by atoms with Crippen molar-refractivity contribution < 1.29 is 5.11 Å². The van der Waals surface area contributed by atoms with Gasteiger partial charge in [-0.25, -0.2) is 4.98 Å². The molecule has 0 aliphatic carbocycles. The molecule has 1 aromatic carbocycles. The van der Waals surface area contributed by atoms with Crippen LogP contribution >= 0.6 is 11.3 Å². The Labute approximate surface area is 99.6 Å². The van der Waals surface area contributed by atoms with E-state index in [1.807, 2.05) is 6.92 Å². The van der Waals surface area contributed by atoms with Gasteiger partial charge in [0.05, 0.1) is 22.2 Å². The molecule has 0 saturated carbocycles. The molecule has 2 aromatic rings. The van der Waals surface area contributed by atoms with Gasteiger partial charge in [0.1, 0.15) is 0 Å². The van der Waals surface area contributed by atoms with Crippen molar-refractivity contribution in [2.45, 2.75) is 27.4 Å². The average molecular weight is 233 g/mol. The first-order chi connectivity index (χ1) is 7.60. The van der Waals surface area contributed by atoms with Crippen molar-refractivity contribution in [3.05, 3.63) is 39.2 Å². The molecule has 1 N–H and O–H groups in total. The summed E-state index contributed by atoms with van der Waals surface area (Å²) in [5, 5.41) is 10.3. The van der Waals surface area contributed by atoms with Crippen molar-refractivity contribution in [2.75, 3.05) is 0 Å². The largest absolute Gasteiger partial charge is 0.391 e. The highest BCUT2D eigenvalue weighted by atomic mass is 32.1. The van der Waals surface area contributed by atoms with Gasteiger partial charge in [-0.1, -0.05) is 17.2 Å². The van der Waals surface area contributed by atoms with Crippen LogP contribution in [0.1, 0.15) is 21.0 Å². The first-order valence-electron chi connectivity index (χ1n) is 5.26. The maximum Gasteiger partial charge on any atom is 0.0905 e. The predicted molar refractivity (Wildman–Crippen MR) is 67.7 cm³/mol. The Hall–Kier alpha value is -1.19. The van der Waals surface area contributed by atoms with Gasteiger partial charge in [0.15, 0.2) is 0 Å². The molecule has 0 unspecified atom stereocenters. The van der Waals surface area contributed by atoms with Gasteiger partial charge in [-0.2, -0.15) is 0 Å². The molecule has 3 heteroatoms. The Morgan fingerprint density at radius 3 is 2.31 bits per heavy atom. The van der Waals surface area contributed by atoms with Gasteiger partial charge in [0.25, 0.3) is 0 Å². The summed E-state index contributed by atoms with van der Waals surface area (Å²) >= 11 is 1.56. The minimum Gasteiger partial charge on any atom is -0.391 e. The van der Waals surface area contributed by atoms with Crippen LogP contribution in [0.4, 0.5) is 0 Å². The predicted octanol–water partition coefficient (Wildman–Crippen LogP) is 3.23. The number of aryl methyl sites for hydroxylation is 3. The Morgan fingerprint density at radius 2 is 1.75 bits per heavy atom. The summed E-state index contributed by atoms with van der Waals surface area (Å²) in [6.45, 7) is 6.19. The molecular weight excluding hydrogens is 218 g/mol. The van der Waals surface area contributed by atoms with Crippen molar-refractivity contribution >= 4 is 11.3 Å². The number of nitrogens with zero attached hydrogens (tertiary/aromatic N) is 1. The maximum atomic E-state index is 9.30. The lowest BCUT2D eigenvalue weighted by Gasteiger charge is -2.03. The molecule has 2 nitrogen and oxygen atoms in total. The molecule has 0 amide bonds. The molecule has 0 radical (unpaired) electrons. The third kappa shape index (κ3) is 2.15. The number of rotatable bonds is 2. The molecule has 2 rings (SSSR count). The fourth-order valence-electron chi connectivity index (χ4n) is 1.91. The van der Waals surface area contributed by atoms with E-state index >= 15 is 0 Å². The van der Waals surface area contributed by atoms with Crippen LogP contribution in [-0.4, -0.2) is 10.1 Å². The highest BCUT2D eigenvalue weighted by molar-refractivity contribution is 7.12. The standard InChI is InChI=1S/C13H15NOS/c1-8-4-9(2)6-11(5-8)13-12(7-15)16-10(3)14-13/h4-6,15H,7H2,1-3H3. The fraction of sp³-hybridized carbons (Fsp3) is 0.308. The minimum absolute atomic E-state index is 0.0633. The summed E-state index contributed by atoms with van der Waals surface area (Å²) in [6.07, 6.45) is 0. The van der Waals surface area contributed by atoms with Gasteiger partial charge in [-0.05, 0) is 32.9 Å². The quantitative estimate of drug-likeness (QED) is 0.864. The lowest BCUT2D eigenvalue weighted by atomic mass is 10.0. The van der Waals surface area contributed by atoms with Crippen molar-refractivity contribution in [3.63, 3.8) is 0 Å². The molecule has 0 fully saturated rings. The third-order valence-corrected chi connectivity index (χ3v) is 3.40. The van der Waals surface area contributed by atoms with E-state index in [0.717, 1.165) is 21.1 Å². The smallest absolute Gasteiger partial charge is 0.0905 e. The summed E-state index contributed by atoms with van der Waals surface area (Å²) in [5.41, 5.74) is 4.48. The summed E-state index contributed by atoms with van der Waals surface area (Å²) in [4.78, 5) is 5.44. The van der Waals surface area contributed by atoms with E-state index in [-0.39, 0.29) is 6.61 Å². The lowest BCUT2D eigenvalue weighted by Crippen LogP contribution is -1.87. The fourth-order valence-corrected chi connectivity index (χ4v) is 2.73. The Balaban J connectivity index is 2.57. The van der Waals surface area contributed by atoms with Crippen LogP contribution in [0.15, 0.2) is 18.2 Å². The number of aromatic nitrogens is 1. The summed E-state index contributed by atoms with van der Waals surface area (Å²) in [6, 6.07) is 6.36. The first-order valence-corrected chi connectivity index (χ1v) is 6.07. The summed E-state index contributed by atoms with van der Waals surface area (Å²) < 4.78 is 0. The van der Waals surface area contributed by atoms with E-state index in [2.05, 4.69) is 37.0 Å². The number of aliphatic hydroxyl groups excluding tert-OH is 1. The number of thiazole rings is 1. The van der Waals surface area contributed by atoms with Gasteiger partial charge in [-0.3, -0.25) is 0 Å². The van der Waals surface area contributed by atoms with Crippen LogP contribution in [-0.2, 0) is 6.61 Å². The van der Waals surface area contributed by atoms with Gasteiger partial charge in [-0.15, -0.1) is 11.3 Å². The van der Waals surface area contributed by atoms with Crippen molar-refractivity contribution in [3.8, 4) is 11.3 Å². The molecular formula is C13H15NOS. The third-order valence-electron chi connectivity index (χ3n) is 2.44. The van der Waals surface area contributed by atoms with Crippen molar-refractivity contribution in [1.29, 1.82) is 0 Å². The number of hydrogen-bond donors (Lipinski definition) is 1. The Bertz CT molecular complexity index is 496. The zero-order valence-electron chi connectivity index (χ0n) is 9.74. The highest BCUT2D eigenvalue weighted by Crippen LogP contribution is 2.29. The van der Waals surface area contributed by atoms with E-state index in [4.69, 9.17) is 0 Å². The molecule has 16 heavy (non-hydrogen) atoms. The van der Waals surface area contributed by atoms with Gasteiger partial charge in [0.2, 0.25) is 0 Å². The van der Waals surface area contributed by atoms with Crippen LogP contribution in [0.25, 0.3) is 11.3 Å². The lowest BCUT2D eigenvalue weighted by molar-refractivity contribution is 0.286. The molecule has 0 aliphatic rings. The van der Waals surface area contributed by atoms with E-state index in [1.54, 1.807) is 11.3 Å². The topological polar surface area (TPSA) is 33.1 Å². The molecule has 84 valence electrons. The second-order valence-corrected chi connectivity index (χ2v) is 5.33. The molecule has 1 aromatic heterocycles. The molecule has 0 spiro atoms. The normalized spacial score (nSPS) is 10.8. The summed E-state index contributed by atoms with van der Waals surface area (Å²) in [5.74, 6) is 0. The van der Waals surface area contributed by atoms with Gasteiger partial charge < -0.3 is 5.11 Å².